The summed E-state index contributed by atoms with van der Waals surface area (Å²) >= 11 is 0. The summed E-state index contributed by atoms with van der Waals surface area (Å²) in [4.78, 5) is 12.5. The molecule has 0 saturated carbocycles. The average molecular weight is 363 g/mol. The number of benzene rings is 1. The van der Waals surface area contributed by atoms with Crippen LogP contribution >= 0.6 is 0 Å². The summed E-state index contributed by atoms with van der Waals surface area (Å²) in [5.74, 6) is 0.0543. The molecular formula is C17H21N3O4S. The van der Waals surface area contributed by atoms with Gasteiger partial charge in [0.15, 0.2) is 5.82 Å². The molecule has 1 atom stereocenters. The number of amides is 1. The Morgan fingerprint density at radius 1 is 1.28 bits per heavy atom. The second-order valence-electron chi connectivity index (χ2n) is 6.22. The summed E-state index contributed by atoms with van der Waals surface area (Å²) in [6.07, 6.45) is 3.83. The van der Waals surface area contributed by atoms with E-state index in [9.17, 15) is 13.2 Å². The van der Waals surface area contributed by atoms with Crippen LogP contribution in [-0.2, 0) is 14.8 Å². The van der Waals surface area contributed by atoms with Gasteiger partial charge in [-0.15, -0.1) is 0 Å². The summed E-state index contributed by atoms with van der Waals surface area (Å²) in [7, 11) is -3.62. The SMILES string of the molecule is Cc1ccc(S(=O)(=O)N2CCCC[C@H]2CC(=O)Nc2ccon2)cc1. The number of carbonyl (C=O) groups excluding carboxylic acids is 1. The van der Waals surface area contributed by atoms with Crippen LogP contribution in [-0.4, -0.2) is 36.4 Å². The number of sulfonamides is 1. The lowest BCUT2D eigenvalue weighted by atomic mass is 10.0. The minimum absolute atomic E-state index is 0.0952. The molecule has 0 aliphatic carbocycles. The molecule has 7 nitrogen and oxygen atoms in total. The third kappa shape index (κ3) is 4.08. The van der Waals surface area contributed by atoms with E-state index in [1.165, 1.54) is 10.6 Å². The van der Waals surface area contributed by atoms with Crippen LogP contribution in [0.25, 0.3) is 0 Å². The van der Waals surface area contributed by atoms with E-state index < -0.39 is 10.0 Å². The molecule has 1 aromatic carbocycles. The Kier molecular flexibility index (Phi) is 5.19. The van der Waals surface area contributed by atoms with Crippen LogP contribution in [0.4, 0.5) is 5.82 Å². The molecule has 1 N–H and O–H groups in total. The maximum Gasteiger partial charge on any atom is 0.243 e. The van der Waals surface area contributed by atoms with Crippen molar-refractivity contribution in [1.82, 2.24) is 9.46 Å². The summed E-state index contributed by atoms with van der Waals surface area (Å²) in [5.41, 5.74) is 1.00. The first kappa shape index (κ1) is 17.6. The van der Waals surface area contributed by atoms with Crippen molar-refractivity contribution in [3.05, 3.63) is 42.2 Å². The molecule has 0 radical (unpaired) electrons. The lowest BCUT2D eigenvalue weighted by molar-refractivity contribution is -0.117. The summed E-state index contributed by atoms with van der Waals surface area (Å²) in [6.45, 7) is 2.34. The number of nitrogens with one attached hydrogen (secondary N) is 1. The maximum atomic E-state index is 13.0. The number of anilines is 1. The van der Waals surface area contributed by atoms with E-state index in [0.29, 0.717) is 18.8 Å². The first-order valence-electron chi connectivity index (χ1n) is 8.25. The summed E-state index contributed by atoms with van der Waals surface area (Å²) < 4.78 is 32.1. The molecule has 134 valence electrons. The Morgan fingerprint density at radius 2 is 2.04 bits per heavy atom. The van der Waals surface area contributed by atoms with Crippen molar-refractivity contribution in [3.63, 3.8) is 0 Å². The Morgan fingerprint density at radius 3 is 2.72 bits per heavy atom. The van der Waals surface area contributed by atoms with Gasteiger partial charge in [-0.3, -0.25) is 4.79 Å². The Labute approximate surface area is 147 Å². The highest BCUT2D eigenvalue weighted by Gasteiger charge is 2.34. The van der Waals surface area contributed by atoms with Gasteiger partial charge in [0.2, 0.25) is 15.9 Å². The Hall–Kier alpha value is -2.19. The van der Waals surface area contributed by atoms with E-state index >= 15 is 0 Å². The first-order chi connectivity index (χ1) is 12.0. The van der Waals surface area contributed by atoms with Crippen LogP contribution in [0.15, 0.2) is 46.0 Å². The highest BCUT2D eigenvalue weighted by molar-refractivity contribution is 7.89. The van der Waals surface area contributed by atoms with Crippen molar-refractivity contribution >= 4 is 21.7 Å². The number of hydrogen-bond donors (Lipinski definition) is 1. The zero-order valence-corrected chi connectivity index (χ0v) is 14.8. The fourth-order valence-corrected chi connectivity index (χ4v) is 4.72. The normalized spacial score (nSPS) is 18.8. The van der Waals surface area contributed by atoms with E-state index in [-0.39, 0.29) is 23.3 Å². The van der Waals surface area contributed by atoms with Gasteiger partial charge in [0.25, 0.3) is 0 Å². The molecular weight excluding hydrogens is 342 g/mol. The van der Waals surface area contributed by atoms with Gasteiger partial charge in [0.1, 0.15) is 6.26 Å². The van der Waals surface area contributed by atoms with Gasteiger partial charge in [-0.25, -0.2) is 8.42 Å². The van der Waals surface area contributed by atoms with Crippen molar-refractivity contribution < 1.29 is 17.7 Å². The highest BCUT2D eigenvalue weighted by Crippen LogP contribution is 2.27. The highest BCUT2D eigenvalue weighted by atomic mass is 32.2. The van der Waals surface area contributed by atoms with Crippen LogP contribution in [0.2, 0.25) is 0 Å². The van der Waals surface area contributed by atoms with Gasteiger partial charge >= 0.3 is 0 Å². The first-order valence-corrected chi connectivity index (χ1v) is 9.69. The lowest BCUT2D eigenvalue weighted by Gasteiger charge is -2.34. The molecule has 1 amide bonds. The standard InChI is InChI=1S/C17H21N3O4S/c1-13-5-7-15(8-6-13)25(22,23)20-10-3-2-4-14(20)12-17(21)18-16-9-11-24-19-16/h5-9,11,14H,2-4,10,12H2,1H3,(H,18,19,21)/t14-/m0/s1. The second-order valence-corrected chi connectivity index (χ2v) is 8.11. The quantitative estimate of drug-likeness (QED) is 0.881. The fourth-order valence-electron chi connectivity index (χ4n) is 3.02. The molecule has 25 heavy (non-hydrogen) atoms. The molecule has 1 fully saturated rings. The third-order valence-corrected chi connectivity index (χ3v) is 6.29. The van der Waals surface area contributed by atoms with Crippen molar-refractivity contribution in [2.45, 2.75) is 43.5 Å². The van der Waals surface area contributed by atoms with Crippen molar-refractivity contribution in [1.29, 1.82) is 0 Å². The van der Waals surface area contributed by atoms with Gasteiger partial charge in [-0.1, -0.05) is 29.3 Å². The number of nitrogens with zero attached hydrogens (tertiary/aromatic N) is 2. The third-order valence-electron chi connectivity index (χ3n) is 4.33. The van der Waals surface area contributed by atoms with Crippen LogP contribution in [0.5, 0.6) is 0 Å². The molecule has 1 aromatic heterocycles. The van der Waals surface area contributed by atoms with E-state index in [4.69, 9.17) is 0 Å². The molecule has 0 unspecified atom stereocenters. The maximum absolute atomic E-state index is 13.0. The molecule has 3 rings (SSSR count). The van der Waals surface area contributed by atoms with Gasteiger partial charge in [-0.05, 0) is 31.9 Å². The number of piperidine rings is 1. The van der Waals surface area contributed by atoms with E-state index in [0.717, 1.165) is 18.4 Å². The lowest BCUT2D eigenvalue weighted by Crippen LogP contribution is -2.45. The topological polar surface area (TPSA) is 92.5 Å². The molecule has 0 spiro atoms. The summed E-state index contributed by atoms with van der Waals surface area (Å²) in [5, 5.41) is 6.26. The molecule has 0 bridgehead atoms. The summed E-state index contributed by atoms with van der Waals surface area (Å²) in [6, 6.07) is 7.98. The van der Waals surface area contributed by atoms with Crippen LogP contribution in [0.1, 0.15) is 31.2 Å². The molecule has 1 aliphatic heterocycles. The van der Waals surface area contributed by atoms with Gasteiger partial charge in [0, 0.05) is 25.1 Å². The average Bonchev–Trinajstić information content (AvgIpc) is 3.08. The zero-order valence-electron chi connectivity index (χ0n) is 14.0. The van der Waals surface area contributed by atoms with Crippen molar-refractivity contribution in [2.75, 3.05) is 11.9 Å². The van der Waals surface area contributed by atoms with E-state index in [1.807, 2.05) is 6.92 Å². The van der Waals surface area contributed by atoms with Gasteiger partial charge in [0.05, 0.1) is 4.90 Å². The number of hydrogen-bond acceptors (Lipinski definition) is 5. The van der Waals surface area contributed by atoms with E-state index in [1.54, 1.807) is 30.3 Å². The smallest absolute Gasteiger partial charge is 0.243 e. The van der Waals surface area contributed by atoms with Crippen LogP contribution in [0.3, 0.4) is 0 Å². The largest absolute Gasteiger partial charge is 0.363 e. The molecule has 1 aliphatic rings. The predicted molar refractivity (Wildman–Crippen MR) is 92.5 cm³/mol. The fraction of sp³-hybridized carbons (Fsp3) is 0.412. The van der Waals surface area contributed by atoms with Crippen LogP contribution in [0, 0.1) is 6.92 Å². The minimum Gasteiger partial charge on any atom is -0.363 e. The Bertz CT molecular complexity index is 816. The second kappa shape index (κ2) is 7.37. The number of aryl methyl sites for hydroxylation is 1. The Balaban J connectivity index is 1.76. The number of rotatable bonds is 5. The van der Waals surface area contributed by atoms with Crippen molar-refractivity contribution in [3.8, 4) is 0 Å². The van der Waals surface area contributed by atoms with Gasteiger partial charge < -0.3 is 9.84 Å². The van der Waals surface area contributed by atoms with Gasteiger partial charge in [-0.2, -0.15) is 4.31 Å². The zero-order chi connectivity index (χ0) is 17.9. The van der Waals surface area contributed by atoms with Crippen LogP contribution < -0.4 is 5.32 Å². The molecule has 8 heteroatoms. The molecule has 2 heterocycles. The predicted octanol–water partition coefficient (Wildman–Crippen LogP) is 2.56. The minimum atomic E-state index is -3.62. The van der Waals surface area contributed by atoms with Crippen molar-refractivity contribution in [2.24, 2.45) is 0 Å². The number of aromatic nitrogens is 1. The number of carbonyl (C=O) groups is 1. The molecule has 2 aromatic rings. The molecule has 1 saturated heterocycles. The monoisotopic (exact) mass is 363 g/mol. The van der Waals surface area contributed by atoms with E-state index in [2.05, 4.69) is 15.0 Å².